The van der Waals surface area contributed by atoms with E-state index >= 15 is 0 Å². The predicted octanol–water partition coefficient (Wildman–Crippen LogP) is 1.93. The lowest BCUT2D eigenvalue weighted by Gasteiger charge is -2.35. The molecular formula is C19H31N3O4S. The Morgan fingerprint density at radius 2 is 2.04 bits per heavy atom. The summed E-state index contributed by atoms with van der Waals surface area (Å²) < 4.78 is 32.4. The fourth-order valence-corrected chi connectivity index (χ4v) is 5.01. The lowest BCUT2D eigenvalue weighted by Crippen LogP contribution is -2.45. The monoisotopic (exact) mass is 397 g/mol. The first-order chi connectivity index (χ1) is 12.8. The molecule has 1 saturated heterocycles. The molecule has 152 valence electrons. The second-order valence-electron chi connectivity index (χ2n) is 6.96. The summed E-state index contributed by atoms with van der Waals surface area (Å²) in [5, 5.41) is 0. The van der Waals surface area contributed by atoms with Gasteiger partial charge in [-0.1, -0.05) is 13.8 Å². The van der Waals surface area contributed by atoms with Crippen molar-refractivity contribution >= 4 is 15.9 Å². The first-order valence-electron chi connectivity index (χ1n) is 9.49. The Morgan fingerprint density at radius 1 is 1.37 bits per heavy atom. The molecule has 0 aliphatic carbocycles. The van der Waals surface area contributed by atoms with Gasteiger partial charge in [-0.05, 0) is 43.9 Å². The zero-order valence-corrected chi connectivity index (χ0v) is 17.5. The van der Waals surface area contributed by atoms with Crippen molar-refractivity contribution in [3.63, 3.8) is 0 Å². The van der Waals surface area contributed by atoms with Gasteiger partial charge in [0.1, 0.15) is 5.75 Å². The largest absolute Gasteiger partial charge is 0.496 e. The number of ether oxygens (including phenoxy) is 1. The van der Waals surface area contributed by atoms with Crippen molar-refractivity contribution in [2.24, 2.45) is 11.7 Å². The molecular weight excluding hydrogens is 366 g/mol. The van der Waals surface area contributed by atoms with Gasteiger partial charge in [0.05, 0.1) is 17.6 Å². The molecule has 1 aliphatic heterocycles. The first kappa shape index (κ1) is 21.7. The van der Waals surface area contributed by atoms with E-state index in [1.165, 1.54) is 23.5 Å². The van der Waals surface area contributed by atoms with Gasteiger partial charge in [-0.15, -0.1) is 0 Å². The van der Waals surface area contributed by atoms with Crippen molar-refractivity contribution in [2.75, 3.05) is 33.3 Å². The third kappa shape index (κ3) is 4.62. The standard InChI is InChI=1S/C19H31N3O4S/c1-5-22(6-2)27(24,25)16-9-10-18(26-4)17(12-16)19(23)21-11-7-8-15(13-21)14(3)20/h9-10,12,14-15H,5-8,11,13,20H2,1-4H3. The van der Waals surface area contributed by atoms with Crippen LogP contribution in [0.25, 0.3) is 0 Å². The van der Waals surface area contributed by atoms with E-state index < -0.39 is 10.0 Å². The number of amides is 1. The Kier molecular flexibility index (Phi) is 7.25. The molecule has 0 bridgehead atoms. The number of piperidine rings is 1. The lowest BCUT2D eigenvalue weighted by molar-refractivity contribution is 0.0657. The molecule has 1 heterocycles. The number of likely N-dealkylation sites (tertiary alicyclic amines) is 1. The maximum absolute atomic E-state index is 13.1. The van der Waals surface area contributed by atoms with Gasteiger partial charge in [-0.2, -0.15) is 4.31 Å². The van der Waals surface area contributed by atoms with Crippen LogP contribution >= 0.6 is 0 Å². The van der Waals surface area contributed by atoms with E-state index in [0.29, 0.717) is 31.9 Å². The number of nitrogens with two attached hydrogens (primary N) is 1. The fraction of sp³-hybridized carbons (Fsp3) is 0.632. The van der Waals surface area contributed by atoms with Crippen LogP contribution in [-0.4, -0.2) is 62.9 Å². The number of sulfonamides is 1. The van der Waals surface area contributed by atoms with Crippen LogP contribution in [0.5, 0.6) is 5.75 Å². The van der Waals surface area contributed by atoms with Gasteiger partial charge < -0.3 is 15.4 Å². The van der Waals surface area contributed by atoms with Crippen molar-refractivity contribution in [2.45, 2.75) is 44.6 Å². The van der Waals surface area contributed by atoms with Crippen LogP contribution in [0.15, 0.2) is 23.1 Å². The summed E-state index contributed by atoms with van der Waals surface area (Å²) in [4.78, 5) is 15.0. The van der Waals surface area contributed by atoms with Crippen LogP contribution in [0.4, 0.5) is 0 Å². The minimum Gasteiger partial charge on any atom is -0.496 e. The van der Waals surface area contributed by atoms with Gasteiger partial charge in [0.15, 0.2) is 0 Å². The van der Waals surface area contributed by atoms with E-state index in [1.54, 1.807) is 24.8 Å². The van der Waals surface area contributed by atoms with Gasteiger partial charge in [-0.25, -0.2) is 8.42 Å². The van der Waals surface area contributed by atoms with Crippen molar-refractivity contribution in [1.29, 1.82) is 0 Å². The summed E-state index contributed by atoms with van der Waals surface area (Å²) in [7, 11) is -2.17. The maximum Gasteiger partial charge on any atom is 0.257 e. The summed E-state index contributed by atoms with van der Waals surface area (Å²) in [5.74, 6) is 0.409. The molecule has 2 N–H and O–H groups in total. The molecule has 7 nitrogen and oxygen atoms in total. The van der Waals surface area contributed by atoms with E-state index in [0.717, 1.165) is 12.8 Å². The third-order valence-corrected chi connectivity index (χ3v) is 7.28. The maximum atomic E-state index is 13.1. The average Bonchev–Trinajstić information content (AvgIpc) is 2.67. The van der Waals surface area contributed by atoms with Crippen molar-refractivity contribution in [3.05, 3.63) is 23.8 Å². The smallest absolute Gasteiger partial charge is 0.257 e. The quantitative estimate of drug-likeness (QED) is 0.759. The molecule has 1 fully saturated rings. The summed E-state index contributed by atoms with van der Waals surface area (Å²) in [6, 6.07) is 4.49. The molecule has 1 aromatic rings. The van der Waals surface area contributed by atoms with Crippen LogP contribution in [-0.2, 0) is 10.0 Å². The molecule has 1 aromatic carbocycles. The van der Waals surface area contributed by atoms with Gasteiger partial charge >= 0.3 is 0 Å². The van der Waals surface area contributed by atoms with Crippen LogP contribution in [0.3, 0.4) is 0 Å². The normalized spacial score (nSPS) is 19.2. The third-order valence-electron chi connectivity index (χ3n) is 5.23. The lowest BCUT2D eigenvalue weighted by atomic mass is 9.92. The van der Waals surface area contributed by atoms with E-state index in [1.807, 2.05) is 6.92 Å². The Bertz CT molecular complexity index is 760. The highest BCUT2D eigenvalue weighted by molar-refractivity contribution is 7.89. The zero-order chi connectivity index (χ0) is 20.2. The summed E-state index contributed by atoms with van der Waals surface area (Å²) in [6.45, 7) is 7.49. The number of carbonyl (C=O) groups is 1. The minimum absolute atomic E-state index is 0.0110. The van der Waals surface area contributed by atoms with Crippen LogP contribution in [0.2, 0.25) is 0 Å². The number of nitrogens with zero attached hydrogens (tertiary/aromatic N) is 2. The molecule has 1 amide bonds. The van der Waals surface area contributed by atoms with Gasteiger partial charge in [0.25, 0.3) is 5.91 Å². The number of rotatable bonds is 7. The number of benzene rings is 1. The number of carbonyl (C=O) groups excluding carboxylic acids is 1. The fourth-order valence-electron chi connectivity index (χ4n) is 3.52. The first-order valence-corrected chi connectivity index (χ1v) is 10.9. The van der Waals surface area contributed by atoms with Gasteiger partial charge in [-0.3, -0.25) is 4.79 Å². The Balaban J connectivity index is 2.39. The predicted molar refractivity (Wildman–Crippen MR) is 105 cm³/mol. The number of methoxy groups -OCH3 is 1. The second-order valence-corrected chi connectivity index (χ2v) is 8.90. The van der Waals surface area contributed by atoms with Gasteiger partial charge in [0, 0.05) is 32.2 Å². The van der Waals surface area contributed by atoms with Crippen LogP contribution in [0.1, 0.15) is 44.0 Å². The molecule has 1 aliphatic rings. The van der Waals surface area contributed by atoms with E-state index in [9.17, 15) is 13.2 Å². The molecule has 0 saturated carbocycles. The molecule has 8 heteroatoms. The van der Waals surface area contributed by atoms with Crippen molar-refractivity contribution < 1.29 is 17.9 Å². The van der Waals surface area contributed by atoms with E-state index in [4.69, 9.17) is 10.5 Å². The van der Waals surface area contributed by atoms with Crippen LogP contribution in [0, 0.1) is 5.92 Å². The van der Waals surface area contributed by atoms with Crippen molar-refractivity contribution in [1.82, 2.24) is 9.21 Å². The average molecular weight is 398 g/mol. The van der Waals surface area contributed by atoms with Crippen LogP contribution < -0.4 is 10.5 Å². The second kappa shape index (κ2) is 9.03. The summed E-state index contributed by atoms with van der Waals surface area (Å²) in [5.41, 5.74) is 6.30. The minimum atomic E-state index is -3.65. The molecule has 2 atom stereocenters. The topological polar surface area (TPSA) is 92.9 Å². The molecule has 0 radical (unpaired) electrons. The van der Waals surface area contributed by atoms with E-state index in [-0.39, 0.29) is 28.3 Å². The highest BCUT2D eigenvalue weighted by Crippen LogP contribution is 2.28. The van der Waals surface area contributed by atoms with E-state index in [2.05, 4.69) is 0 Å². The van der Waals surface area contributed by atoms with Crippen molar-refractivity contribution in [3.8, 4) is 5.75 Å². The molecule has 2 unspecified atom stereocenters. The highest BCUT2D eigenvalue weighted by Gasteiger charge is 2.30. The zero-order valence-electron chi connectivity index (χ0n) is 16.6. The molecule has 27 heavy (non-hydrogen) atoms. The molecule has 2 rings (SSSR count). The number of hydrogen-bond acceptors (Lipinski definition) is 5. The number of hydrogen-bond donors (Lipinski definition) is 1. The summed E-state index contributed by atoms with van der Waals surface area (Å²) >= 11 is 0. The Morgan fingerprint density at radius 3 is 2.59 bits per heavy atom. The highest BCUT2D eigenvalue weighted by atomic mass is 32.2. The Hall–Kier alpha value is -1.64. The SMILES string of the molecule is CCN(CC)S(=O)(=O)c1ccc(OC)c(C(=O)N2CCCC(C(C)N)C2)c1. The van der Waals surface area contributed by atoms with Gasteiger partial charge in [0.2, 0.25) is 10.0 Å². The molecule has 0 aromatic heterocycles. The summed E-state index contributed by atoms with van der Waals surface area (Å²) in [6.07, 6.45) is 1.88. The Labute approximate surface area is 162 Å². The molecule has 0 spiro atoms.